The molecule has 4 heterocycles. The van der Waals surface area contributed by atoms with Crippen LogP contribution in [0.5, 0.6) is 0 Å². The molecule has 0 aliphatic heterocycles. The summed E-state index contributed by atoms with van der Waals surface area (Å²) in [6.45, 7) is 0.319. The summed E-state index contributed by atoms with van der Waals surface area (Å²) < 4.78 is 33.3. The summed E-state index contributed by atoms with van der Waals surface area (Å²) in [5.41, 5.74) is 2.35. The van der Waals surface area contributed by atoms with E-state index in [0.717, 1.165) is 21.6 Å². The summed E-state index contributed by atoms with van der Waals surface area (Å²) in [5, 5.41) is 57.7. The van der Waals surface area contributed by atoms with E-state index in [1.54, 1.807) is 60.7 Å². The quantitative estimate of drug-likeness (QED) is 0.0708. The number of para-hydroxylation sites is 2. The molecule has 0 bridgehead atoms. The van der Waals surface area contributed by atoms with Crippen molar-refractivity contribution in [3.8, 4) is 34.2 Å². The van der Waals surface area contributed by atoms with E-state index in [4.69, 9.17) is 0 Å². The van der Waals surface area contributed by atoms with Gasteiger partial charge in [-0.2, -0.15) is 19.8 Å². The van der Waals surface area contributed by atoms with E-state index < -0.39 is 21.5 Å². The second kappa shape index (κ2) is 15.3. The molecular formula is C34H22F2N14O4S2. The molecule has 56 heavy (non-hydrogen) atoms. The third-order valence-electron chi connectivity index (χ3n) is 8.14. The molecule has 18 nitrogen and oxygen atoms in total. The molecule has 0 aliphatic rings. The highest BCUT2D eigenvalue weighted by Gasteiger charge is 2.25. The Labute approximate surface area is 320 Å². The molecule has 0 saturated carbocycles. The third-order valence-corrected chi connectivity index (χ3v) is 10.5. The number of aromatic nitrogens is 12. The molecule has 0 amide bonds. The summed E-state index contributed by atoms with van der Waals surface area (Å²) in [4.78, 5) is 23.8. The predicted molar refractivity (Wildman–Crippen MR) is 197 cm³/mol. The molecule has 4 aromatic heterocycles. The first kappa shape index (κ1) is 35.8. The summed E-state index contributed by atoms with van der Waals surface area (Å²) >= 11 is 0. The van der Waals surface area contributed by atoms with Crippen molar-refractivity contribution in [3.05, 3.63) is 152 Å². The van der Waals surface area contributed by atoms with Crippen molar-refractivity contribution in [1.29, 1.82) is 0 Å². The number of nitrogens with zero attached hydrogens (tertiary/aromatic N) is 14. The van der Waals surface area contributed by atoms with Crippen molar-refractivity contribution < 1.29 is 18.6 Å². The summed E-state index contributed by atoms with van der Waals surface area (Å²) in [5.74, 6) is -0.767. The maximum Gasteiger partial charge on any atom is 0.269 e. The van der Waals surface area contributed by atoms with E-state index >= 15 is 8.78 Å². The fourth-order valence-corrected chi connectivity index (χ4v) is 7.91. The normalized spacial score (nSPS) is 11.2. The van der Waals surface area contributed by atoms with Crippen LogP contribution in [-0.2, 0) is 13.1 Å². The first-order valence-electron chi connectivity index (χ1n) is 16.2. The van der Waals surface area contributed by atoms with Crippen LogP contribution >= 0.6 is 21.6 Å². The van der Waals surface area contributed by atoms with E-state index in [0.29, 0.717) is 32.3 Å². The first-order valence-corrected chi connectivity index (χ1v) is 18.4. The second-order valence-electron chi connectivity index (χ2n) is 11.8. The number of tetrazole rings is 2. The van der Waals surface area contributed by atoms with Gasteiger partial charge in [0.1, 0.15) is 33.1 Å². The Morgan fingerprint density at radius 3 is 1.34 bits per heavy atom. The van der Waals surface area contributed by atoms with E-state index in [1.807, 2.05) is 0 Å². The highest BCUT2D eigenvalue weighted by atomic mass is 33.1. The van der Waals surface area contributed by atoms with Gasteiger partial charge in [0.25, 0.3) is 11.4 Å². The van der Waals surface area contributed by atoms with Gasteiger partial charge in [-0.25, -0.2) is 18.1 Å². The van der Waals surface area contributed by atoms with Gasteiger partial charge in [0.15, 0.2) is 0 Å². The van der Waals surface area contributed by atoms with Gasteiger partial charge < -0.3 is 0 Å². The topological polar surface area (TPSA) is 209 Å². The second-order valence-corrected chi connectivity index (χ2v) is 13.9. The number of rotatable bonds is 13. The Bertz CT molecular complexity index is 2530. The van der Waals surface area contributed by atoms with Gasteiger partial charge in [0.2, 0.25) is 11.6 Å². The average molecular weight is 793 g/mol. The molecule has 4 aromatic carbocycles. The average Bonchev–Trinajstić information content (AvgIpc) is 4.02. The highest BCUT2D eigenvalue weighted by Crippen LogP contribution is 2.46. The smallest absolute Gasteiger partial charge is 0.258 e. The lowest BCUT2D eigenvalue weighted by Gasteiger charge is -2.11. The lowest BCUT2D eigenvalue weighted by Crippen LogP contribution is -2.04. The van der Waals surface area contributed by atoms with E-state index in [9.17, 15) is 20.2 Å². The van der Waals surface area contributed by atoms with E-state index in [2.05, 4.69) is 41.0 Å². The number of hydrogen-bond donors (Lipinski definition) is 0. The molecule has 8 rings (SSSR count). The zero-order chi connectivity index (χ0) is 38.8. The van der Waals surface area contributed by atoms with Crippen LogP contribution in [0.15, 0.2) is 120 Å². The molecular weight excluding hydrogens is 771 g/mol. The first-order chi connectivity index (χ1) is 27.2. The maximum atomic E-state index is 15.3. The van der Waals surface area contributed by atoms with Crippen molar-refractivity contribution >= 4 is 33.0 Å². The van der Waals surface area contributed by atoms with Gasteiger partial charge in [-0.3, -0.25) is 20.2 Å². The van der Waals surface area contributed by atoms with Crippen molar-refractivity contribution in [1.82, 2.24) is 60.0 Å². The Morgan fingerprint density at radius 1 is 0.571 bits per heavy atom. The molecule has 0 atom stereocenters. The van der Waals surface area contributed by atoms with Crippen LogP contribution in [0.4, 0.5) is 20.2 Å². The van der Waals surface area contributed by atoms with Crippen molar-refractivity contribution in [2.45, 2.75) is 23.1 Å². The SMILES string of the molecule is O=[N+]([O-])c1ccc(Cn2nnc(-c3cnn(-c4ccccc4F)c3SSc3c(-c4nnn(Cc5ccc([N+](=O)[O-])cc5)n4)cnn3-c3ccccc3F)n2)cc1. The monoisotopic (exact) mass is 792 g/mol. The molecule has 0 N–H and O–H groups in total. The van der Waals surface area contributed by atoms with Crippen LogP contribution in [0, 0.1) is 31.9 Å². The van der Waals surface area contributed by atoms with Crippen LogP contribution in [0.1, 0.15) is 11.1 Å². The molecule has 0 radical (unpaired) electrons. The lowest BCUT2D eigenvalue weighted by atomic mass is 10.2. The minimum Gasteiger partial charge on any atom is -0.258 e. The fraction of sp³-hybridized carbons (Fsp3) is 0.0588. The summed E-state index contributed by atoms with van der Waals surface area (Å²) in [6.07, 6.45) is 2.95. The van der Waals surface area contributed by atoms with E-state index in [-0.39, 0.29) is 47.5 Å². The summed E-state index contributed by atoms with van der Waals surface area (Å²) in [6, 6.07) is 24.0. The van der Waals surface area contributed by atoms with Gasteiger partial charge in [0.05, 0.1) is 46.5 Å². The van der Waals surface area contributed by atoms with Gasteiger partial charge in [0, 0.05) is 24.3 Å². The number of hydrogen-bond acceptors (Lipinski definition) is 14. The molecule has 278 valence electrons. The number of nitro benzene ring substituents is 2. The van der Waals surface area contributed by atoms with Crippen LogP contribution in [0.2, 0.25) is 0 Å². The zero-order valence-electron chi connectivity index (χ0n) is 28.3. The minimum atomic E-state index is -0.547. The Morgan fingerprint density at radius 2 is 0.964 bits per heavy atom. The van der Waals surface area contributed by atoms with Crippen molar-refractivity contribution in [2.75, 3.05) is 0 Å². The standard InChI is InChI=1S/C34H22F2N14O4S2/c35-27-5-1-3-7-29(27)47-33(25(17-37-47)31-39-43-45(41-31)19-21-9-13-23(14-10-21)49(51)52)55-56-34-26(18-38-48(34)30-8-4-2-6-28(30)36)32-40-44-46(42-32)20-22-11-15-24(16-12-22)50(53)54/h1-18H,19-20H2. The molecule has 0 aliphatic carbocycles. The summed E-state index contributed by atoms with van der Waals surface area (Å²) in [7, 11) is 2.28. The number of halogens is 2. The van der Waals surface area contributed by atoms with Gasteiger partial charge in [-0.1, -0.05) is 48.5 Å². The van der Waals surface area contributed by atoms with Gasteiger partial charge >= 0.3 is 0 Å². The minimum absolute atomic E-state index is 0.0529. The molecule has 0 fully saturated rings. The predicted octanol–water partition coefficient (Wildman–Crippen LogP) is 6.36. The lowest BCUT2D eigenvalue weighted by molar-refractivity contribution is -0.385. The Kier molecular flexibility index (Phi) is 9.77. The van der Waals surface area contributed by atoms with Crippen LogP contribution in [0.3, 0.4) is 0 Å². The van der Waals surface area contributed by atoms with Gasteiger partial charge in [-0.15, -0.1) is 20.4 Å². The maximum absolute atomic E-state index is 15.3. The largest absolute Gasteiger partial charge is 0.269 e. The molecule has 0 unspecified atom stereocenters. The molecule has 22 heteroatoms. The van der Waals surface area contributed by atoms with Crippen molar-refractivity contribution in [3.63, 3.8) is 0 Å². The van der Waals surface area contributed by atoms with Gasteiger partial charge in [-0.05, 0) is 67.4 Å². The molecule has 0 saturated heterocycles. The number of benzene rings is 4. The number of nitro groups is 2. The molecule has 8 aromatic rings. The fourth-order valence-electron chi connectivity index (χ4n) is 5.42. The van der Waals surface area contributed by atoms with Crippen molar-refractivity contribution in [2.24, 2.45) is 0 Å². The van der Waals surface area contributed by atoms with E-state index in [1.165, 1.54) is 67.7 Å². The zero-order valence-corrected chi connectivity index (χ0v) is 29.9. The molecule has 0 spiro atoms. The Balaban J connectivity index is 1.14. The number of non-ortho nitro benzene ring substituents is 2. The Hall–Kier alpha value is -7.20. The highest BCUT2D eigenvalue weighted by molar-refractivity contribution is 8.76. The van der Waals surface area contributed by atoms with Crippen LogP contribution < -0.4 is 0 Å². The third kappa shape index (κ3) is 7.32. The van der Waals surface area contributed by atoms with Crippen LogP contribution in [-0.4, -0.2) is 69.8 Å². The van der Waals surface area contributed by atoms with Crippen LogP contribution in [0.25, 0.3) is 34.2 Å².